The van der Waals surface area contributed by atoms with E-state index in [4.69, 9.17) is 4.52 Å². The van der Waals surface area contributed by atoms with Gasteiger partial charge in [-0.1, -0.05) is 19.0 Å². The summed E-state index contributed by atoms with van der Waals surface area (Å²) in [5.41, 5.74) is 2.38. The SMILES string of the molecule is CNCc1noc2c1CN(CC(C)C)CC2. The zero-order chi connectivity index (χ0) is 11.5. The lowest BCUT2D eigenvalue weighted by Gasteiger charge is -2.27. The van der Waals surface area contributed by atoms with Crippen LogP contribution in [0.3, 0.4) is 0 Å². The van der Waals surface area contributed by atoms with E-state index in [0.717, 1.165) is 44.1 Å². The van der Waals surface area contributed by atoms with Crippen molar-refractivity contribution in [2.24, 2.45) is 5.92 Å². The summed E-state index contributed by atoms with van der Waals surface area (Å²) in [6.07, 6.45) is 0.999. The van der Waals surface area contributed by atoms with Gasteiger partial charge in [-0.2, -0.15) is 0 Å². The Kier molecular flexibility index (Phi) is 3.61. The van der Waals surface area contributed by atoms with E-state index in [1.165, 1.54) is 5.56 Å². The molecule has 4 nitrogen and oxygen atoms in total. The Balaban J connectivity index is 2.08. The highest BCUT2D eigenvalue weighted by atomic mass is 16.5. The lowest BCUT2D eigenvalue weighted by molar-refractivity contribution is 0.213. The van der Waals surface area contributed by atoms with Gasteiger partial charge in [0.25, 0.3) is 0 Å². The fourth-order valence-corrected chi connectivity index (χ4v) is 2.30. The molecule has 0 spiro atoms. The van der Waals surface area contributed by atoms with Crippen LogP contribution in [0.5, 0.6) is 0 Å². The first-order valence-corrected chi connectivity index (χ1v) is 6.04. The van der Waals surface area contributed by atoms with Crippen LogP contribution < -0.4 is 5.32 Å². The van der Waals surface area contributed by atoms with Crippen molar-refractivity contribution in [3.8, 4) is 0 Å². The summed E-state index contributed by atoms with van der Waals surface area (Å²) in [4.78, 5) is 2.49. The molecular formula is C12H21N3O. The third-order valence-corrected chi connectivity index (χ3v) is 2.96. The molecule has 0 fully saturated rings. The number of nitrogens with zero attached hydrogens (tertiary/aromatic N) is 2. The summed E-state index contributed by atoms with van der Waals surface area (Å²) in [5.74, 6) is 1.81. The molecule has 16 heavy (non-hydrogen) atoms. The lowest BCUT2D eigenvalue weighted by atomic mass is 10.0. The number of nitrogens with one attached hydrogen (secondary N) is 1. The quantitative estimate of drug-likeness (QED) is 0.838. The van der Waals surface area contributed by atoms with Crippen LogP contribution in [0.25, 0.3) is 0 Å². The minimum atomic E-state index is 0.717. The highest BCUT2D eigenvalue weighted by molar-refractivity contribution is 5.25. The Labute approximate surface area is 97.0 Å². The second-order valence-corrected chi connectivity index (χ2v) is 4.94. The van der Waals surface area contributed by atoms with Crippen molar-refractivity contribution in [3.05, 3.63) is 17.0 Å². The maximum atomic E-state index is 5.38. The van der Waals surface area contributed by atoms with Crippen molar-refractivity contribution < 1.29 is 4.52 Å². The van der Waals surface area contributed by atoms with E-state index in [1.54, 1.807) is 0 Å². The molecule has 0 bridgehead atoms. The van der Waals surface area contributed by atoms with Gasteiger partial charge >= 0.3 is 0 Å². The minimum absolute atomic E-state index is 0.717. The molecule has 1 N–H and O–H groups in total. The van der Waals surface area contributed by atoms with Crippen molar-refractivity contribution >= 4 is 0 Å². The van der Waals surface area contributed by atoms with Gasteiger partial charge in [-0.05, 0) is 13.0 Å². The van der Waals surface area contributed by atoms with E-state index in [9.17, 15) is 0 Å². The van der Waals surface area contributed by atoms with E-state index in [0.29, 0.717) is 5.92 Å². The van der Waals surface area contributed by atoms with Crippen molar-refractivity contribution in [1.29, 1.82) is 0 Å². The van der Waals surface area contributed by atoms with Gasteiger partial charge in [0, 0.05) is 38.2 Å². The molecule has 0 aliphatic carbocycles. The minimum Gasteiger partial charge on any atom is -0.361 e. The molecule has 0 aromatic carbocycles. The number of hydrogen-bond donors (Lipinski definition) is 1. The summed E-state index contributed by atoms with van der Waals surface area (Å²) in [6, 6.07) is 0. The zero-order valence-electron chi connectivity index (χ0n) is 10.4. The monoisotopic (exact) mass is 223 g/mol. The molecule has 4 heteroatoms. The van der Waals surface area contributed by atoms with Crippen LogP contribution in [0, 0.1) is 5.92 Å². The molecule has 2 rings (SSSR count). The van der Waals surface area contributed by atoms with Gasteiger partial charge in [0.05, 0.1) is 0 Å². The van der Waals surface area contributed by atoms with Gasteiger partial charge in [-0.3, -0.25) is 4.90 Å². The molecule has 0 saturated heterocycles. The molecule has 0 amide bonds. The second-order valence-electron chi connectivity index (χ2n) is 4.94. The van der Waals surface area contributed by atoms with Crippen LogP contribution >= 0.6 is 0 Å². The van der Waals surface area contributed by atoms with Crippen LogP contribution in [-0.4, -0.2) is 30.2 Å². The third-order valence-electron chi connectivity index (χ3n) is 2.96. The predicted molar refractivity (Wildman–Crippen MR) is 63.1 cm³/mol. The summed E-state index contributed by atoms with van der Waals surface area (Å²) in [5, 5.41) is 7.27. The summed E-state index contributed by atoms with van der Waals surface area (Å²) in [7, 11) is 1.94. The van der Waals surface area contributed by atoms with E-state index >= 15 is 0 Å². The number of rotatable bonds is 4. The van der Waals surface area contributed by atoms with Gasteiger partial charge in [-0.15, -0.1) is 0 Å². The zero-order valence-corrected chi connectivity index (χ0v) is 10.4. The lowest BCUT2D eigenvalue weighted by Crippen LogP contribution is -2.33. The summed E-state index contributed by atoms with van der Waals surface area (Å²) in [6.45, 7) is 8.57. The Morgan fingerprint density at radius 1 is 1.50 bits per heavy atom. The molecule has 2 heterocycles. The smallest absolute Gasteiger partial charge is 0.142 e. The fourth-order valence-electron chi connectivity index (χ4n) is 2.30. The average Bonchev–Trinajstić information content (AvgIpc) is 2.61. The Hall–Kier alpha value is -0.870. The number of hydrogen-bond acceptors (Lipinski definition) is 4. The van der Waals surface area contributed by atoms with Crippen LogP contribution in [0.4, 0.5) is 0 Å². The van der Waals surface area contributed by atoms with Crippen LogP contribution in [-0.2, 0) is 19.5 Å². The molecule has 90 valence electrons. The van der Waals surface area contributed by atoms with E-state index < -0.39 is 0 Å². The summed E-state index contributed by atoms with van der Waals surface area (Å²) >= 11 is 0. The van der Waals surface area contributed by atoms with E-state index in [1.807, 2.05) is 7.05 Å². The summed E-state index contributed by atoms with van der Waals surface area (Å²) < 4.78 is 5.38. The van der Waals surface area contributed by atoms with E-state index in [2.05, 4.69) is 29.2 Å². The molecule has 1 aromatic rings. The normalized spacial score (nSPS) is 16.8. The van der Waals surface area contributed by atoms with Crippen molar-refractivity contribution in [1.82, 2.24) is 15.4 Å². The maximum Gasteiger partial charge on any atom is 0.142 e. The van der Waals surface area contributed by atoms with Gasteiger partial charge < -0.3 is 9.84 Å². The van der Waals surface area contributed by atoms with Crippen LogP contribution in [0.15, 0.2) is 4.52 Å². The van der Waals surface area contributed by atoms with Gasteiger partial charge in [0.15, 0.2) is 0 Å². The van der Waals surface area contributed by atoms with Crippen LogP contribution in [0.1, 0.15) is 30.9 Å². The van der Waals surface area contributed by atoms with Crippen molar-refractivity contribution in [2.75, 3.05) is 20.1 Å². The largest absolute Gasteiger partial charge is 0.361 e. The first-order chi connectivity index (χ1) is 7.70. The number of fused-ring (bicyclic) bond motifs is 1. The Bertz CT molecular complexity index is 346. The Morgan fingerprint density at radius 2 is 2.31 bits per heavy atom. The molecule has 0 unspecified atom stereocenters. The maximum absolute atomic E-state index is 5.38. The highest BCUT2D eigenvalue weighted by Crippen LogP contribution is 2.22. The molecule has 1 aliphatic heterocycles. The van der Waals surface area contributed by atoms with Crippen LogP contribution in [0.2, 0.25) is 0 Å². The second kappa shape index (κ2) is 4.97. The molecule has 0 atom stereocenters. The fraction of sp³-hybridized carbons (Fsp3) is 0.750. The topological polar surface area (TPSA) is 41.3 Å². The van der Waals surface area contributed by atoms with Gasteiger partial charge in [0.1, 0.15) is 11.5 Å². The molecule has 0 radical (unpaired) electrons. The van der Waals surface area contributed by atoms with Crippen molar-refractivity contribution in [2.45, 2.75) is 33.4 Å². The first-order valence-electron chi connectivity index (χ1n) is 6.04. The standard InChI is InChI=1S/C12H21N3O/c1-9(2)7-15-5-4-12-10(8-15)11(6-13-3)14-16-12/h9,13H,4-8H2,1-3H3. The molecular weight excluding hydrogens is 202 g/mol. The number of aromatic nitrogens is 1. The van der Waals surface area contributed by atoms with Gasteiger partial charge in [-0.25, -0.2) is 0 Å². The van der Waals surface area contributed by atoms with E-state index in [-0.39, 0.29) is 0 Å². The first kappa shape index (κ1) is 11.6. The highest BCUT2D eigenvalue weighted by Gasteiger charge is 2.23. The third kappa shape index (κ3) is 2.44. The molecule has 1 aromatic heterocycles. The predicted octanol–water partition coefficient (Wildman–Crippen LogP) is 1.41. The Morgan fingerprint density at radius 3 is 3.00 bits per heavy atom. The molecule has 0 saturated carbocycles. The van der Waals surface area contributed by atoms with Crippen molar-refractivity contribution in [3.63, 3.8) is 0 Å². The van der Waals surface area contributed by atoms with Gasteiger partial charge in [0.2, 0.25) is 0 Å². The molecule has 1 aliphatic rings. The average molecular weight is 223 g/mol.